The first-order valence-electron chi connectivity index (χ1n) is 11.8. The number of carbonyl (C=O) groups is 1. The summed E-state index contributed by atoms with van der Waals surface area (Å²) in [5.74, 6) is 2.15. The van der Waals surface area contributed by atoms with Crippen LogP contribution in [0, 0.1) is 6.92 Å². The number of hydrazone groups is 1. The van der Waals surface area contributed by atoms with Gasteiger partial charge in [-0.1, -0.05) is 60.9 Å². The molecule has 0 bridgehead atoms. The van der Waals surface area contributed by atoms with Crippen molar-refractivity contribution in [2.45, 2.75) is 50.2 Å². The second-order valence-electron chi connectivity index (χ2n) is 8.52. The third-order valence-electron chi connectivity index (χ3n) is 6.08. The molecule has 0 aliphatic heterocycles. The second-order valence-corrected chi connectivity index (χ2v) is 9.47. The monoisotopic (exact) mass is 493 g/mol. The van der Waals surface area contributed by atoms with E-state index >= 15 is 0 Å². The Morgan fingerprint density at radius 1 is 1.11 bits per heavy atom. The average Bonchev–Trinajstić information content (AvgIpc) is 3.32. The summed E-state index contributed by atoms with van der Waals surface area (Å²) in [6.45, 7) is 2.07. The zero-order valence-corrected chi connectivity index (χ0v) is 21.2. The quantitative estimate of drug-likeness (QED) is 0.256. The number of thioether (sulfide) groups is 1. The molecule has 9 heteroatoms. The lowest BCUT2D eigenvalue weighted by molar-refractivity contribution is -0.118. The summed E-state index contributed by atoms with van der Waals surface area (Å²) in [4.78, 5) is 12.5. The van der Waals surface area contributed by atoms with Gasteiger partial charge in [-0.05, 0) is 38.0 Å². The maximum Gasteiger partial charge on any atom is 0.250 e. The number of nitrogens with zero attached hydrogens (tertiary/aromatic N) is 4. The van der Waals surface area contributed by atoms with E-state index in [9.17, 15) is 4.79 Å². The zero-order valence-electron chi connectivity index (χ0n) is 20.4. The first kappa shape index (κ1) is 24.8. The van der Waals surface area contributed by atoms with Crippen molar-refractivity contribution in [3.05, 3.63) is 53.6 Å². The molecular weight excluding hydrogens is 462 g/mol. The average molecular weight is 494 g/mol. The van der Waals surface area contributed by atoms with E-state index in [1.54, 1.807) is 38.6 Å². The maximum absolute atomic E-state index is 12.5. The summed E-state index contributed by atoms with van der Waals surface area (Å²) in [6.07, 6.45) is 7.41. The van der Waals surface area contributed by atoms with E-state index in [1.807, 2.05) is 0 Å². The maximum atomic E-state index is 12.5. The third kappa shape index (κ3) is 6.22. The molecule has 1 saturated carbocycles. The first-order chi connectivity index (χ1) is 17.1. The molecule has 1 fully saturated rings. The van der Waals surface area contributed by atoms with Gasteiger partial charge in [0.15, 0.2) is 11.0 Å². The molecule has 1 heterocycles. The molecule has 0 spiro atoms. The minimum Gasteiger partial charge on any atom is -0.497 e. The Kier molecular flexibility index (Phi) is 8.41. The number of carbonyl (C=O) groups excluding carboxylic acids is 1. The topological polar surface area (TPSA) is 90.6 Å². The van der Waals surface area contributed by atoms with Gasteiger partial charge in [0.05, 0.1) is 26.2 Å². The van der Waals surface area contributed by atoms with E-state index in [1.165, 1.54) is 36.6 Å². The number of hydrogen-bond donors (Lipinski definition) is 1. The highest BCUT2D eigenvalue weighted by molar-refractivity contribution is 7.99. The van der Waals surface area contributed by atoms with Gasteiger partial charge in [0, 0.05) is 17.2 Å². The van der Waals surface area contributed by atoms with E-state index in [0.717, 1.165) is 29.4 Å². The number of nitrogens with one attached hydrogen (secondary N) is 1. The van der Waals surface area contributed by atoms with Crippen molar-refractivity contribution in [3.8, 4) is 22.9 Å². The third-order valence-corrected chi connectivity index (χ3v) is 7.02. The lowest BCUT2D eigenvalue weighted by atomic mass is 9.95. The van der Waals surface area contributed by atoms with Crippen LogP contribution < -0.4 is 14.9 Å². The summed E-state index contributed by atoms with van der Waals surface area (Å²) < 4.78 is 12.8. The summed E-state index contributed by atoms with van der Waals surface area (Å²) in [6, 6.07) is 14.1. The summed E-state index contributed by atoms with van der Waals surface area (Å²) in [5.41, 5.74) is 5.55. The molecule has 4 rings (SSSR count). The smallest absolute Gasteiger partial charge is 0.250 e. The van der Waals surface area contributed by atoms with Crippen LogP contribution in [0.25, 0.3) is 11.4 Å². The lowest BCUT2D eigenvalue weighted by Gasteiger charge is -2.25. The van der Waals surface area contributed by atoms with Gasteiger partial charge >= 0.3 is 0 Å². The summed E-state index contributed by atoms with van der Waals surface area (Å²) in [7, 11) is 3.18. The van der Waals surface area contributed by atoms with Gasteiger partial charge in [-0.25, -0.2) is 5.43 Å². The van der Waals surface area contributed by atoms with Crippen LogP contribution >= 0.6 is 11.8 Å². The number of rotatable bonds is 9. The standard InChI is InChI=1S/C26H31N5O3S/c1-18-9-11-19(12-10-18)25-29-30-26(31(25)21-7-5-4-6-8-21)35-17-24(32)28-27-16-20-15-22(33-2)13-14-23(20)34-3/h9-16,21H,4-8,17H2,1-3H3,(H,28,32). The van der Waals surface area contributed by atoms with Gasteiger partial charge in [0.25, 0.3) is 5.91 Å². The van der Waals surface area contributed by atoms with Crippen molar-refractivity contribution in [3.63, 3.8) is 0 Å². The molecular formula is C26H31N5O3S. The van der Waals surface area contributed by atoms with Crippen LogP contribution in [0.3, 0.4) is 0 Å². The number of aryl methyl sites for hydroxylation is 1. The van der Waals surface area contributed by atoms with Crippen LogP contribution in [0.4, 0.5) is 0 Å². The van der Waals surface area contributed by atoms with E-state index in [4.69, 9.17) is 9.47 Å². The second kappa shape index (κ2) is 11.9. The number of aromatic nitrogens is 3. The predicted molar refractivity (Wildman–Crippen MR) is 138 cm³/mol. The van der Waals surface area contributed by atoms with Gasteiger partial charge in [-0.15, -0.1) is 10.2 Å². The van der Waals surface area contributed by atoms with Crippen molar-refractivity contribution in [2.24, 2.45) is 5.10 Å². The molecule has 3 aromatic rings. The SMILES string of the molecule is COc1ccc(OC)c(C=NNC(=O)CSc2nnc(-c3ccc(C)cc3)n2C2CCCCC2)c1. The molecule has 0 saturated heterocycles. The van der Waals surface area contributed by atoms with Crippen LogP contribution in [-0.2, 0) is 4.79 Å². The lowest BCUT2D eigenvalue weighted by Crippen LogP contribution is -2.20. The zero-order chi connectivity index (χ0) is 24.6. The van der Waals surface area contributed by atoms with Crippen LogP contribution in [0.5, 0.6) is 11.5 Å². The van der Waals surface area contributed by atoms with Crippen molar-refractivity contribution < 1.29 is 14.3 Å². The van der Waals surface area contributed by atoms with Gasteiger partial charge in [-0.2, -0.15) is 5.10 Å². The van der Waals surface area contributed by atoms with Crippen LogP contribution in [0.15, 0.2) is 52.7 Å². The Hall–Kier alpha value is -3.33. The Labute approximate surface area is 210 Å². The van der Waals surface area contributed by atoms with E-state index < -0.39 is 0 Å². The summed E-state index contributed by atoms with van der Waals surface area (Å²) >= 11 is 1.39. The molecule has 35 heavy (non-hydrogen) atoms. The summed E-state index contributed by atoms with van der Waals surface area (Å²) in [5, 5.41) is 13.8. The molecule has 1 aliphatic carbocycles. The molecule has 0 unspecified atom stereocenters. The molecule has 1 amide bonds. The fraction of sp³-hybridized carbons (Fsp3) is 0.385. The molecule has 8 nitrogen and oxygen atoms in total. The minimum atomic E-state index is -0.219. The number of amides is 1. The predicted octanol–water partition coefficient (Wildman–Crippen LogP) is 5.02. The normalized spacial score (nSPS) is 14.3. The molecule has 1 aliphatic rings. The van der Waals surface area contributed by atoms with Gasteiger partial charge in [-0.3, -0.25) is 9.36 Å². The van der Waals surface area contributed by atoms with Crippen molar-refractivity contribution in [2.75, 3.05) is 20.0 Å². The number of benzene rings is 2. The number of ether oxygens (including phenoxy) is 2. The van der Waals surface area contributed by atoms with E-state index in [-0.39, 0.29) is 11.7 Å². The number of methoxy groups -OCH3 is 2. The number of hydrogen-bond acceptors (Lipinski definition) is 7. The molecule has 0 atom stereocenters. The molecule has 184 valence electrons. The minimum absolute atomic E-state index is 0.186. The highest BCUT2D eigenvalue weighted by Gasteiger charge is 2.24. The van der Waals surface area contributed by atoms with Crippen LogP contribution in [-0.4, -0.2) is 46.9 Å². The van der Waals surface area contributed by atoms with Gasteiger partial charge in [0.1, 0.15) is 11.5 Å². The van der Waals surface area contributed by atoms with E-state index in [2.05, 4.69) is 56.5 Å². The highest BCUT2D eigenvalue weighted by atomic mass is 32.2. The van der Waals surface area contributed by atoms with Crippen molar-refractivity contribution in [1.82, 2.24) is 20.2 Å². The van der Waals surface area contributed by atoms with Gasteiger partial charge < -0.3 is 9.47 Å². The molecule has 2 aromatic carbocycles. The first-order valence-corrected chi connectivity index (χ1v) is 12.8. The largest absolute Gasteiger partial charge is 0.497 e. The molecule has 0 radical (unpaired) electrons. The Balaban J connectivity index is 1.45. The Morgan fingerprint density at radius 2 is 1.89 bits per heavy atom. The van der Waals surface area contributed by atoms with Crippen molar-refractivity contribution in [1.29, 1.82) is 0 Å². The fourth-order valence-electron chi connectivity index (χ4n) is 4.22. The van der Waals surface area contributed by atoms with Crippen LogP contribution in [0.1, 0.15) is 49.3 Å². The molecule has 1 N–H and O–H groups in total. The molecule has 1 aromatic heterocycles. The van der Waals surface area contributed by atoms with E-state index in [0.29, 0.717) is 23.1 Å². The Bertz CT molecular complexity index is 1170. The van der Waals surface area contributed by atoms with Crippen LogP contribution in [0.2, 0.25) is 0 Å². The fourth-order valence-corrected chi connectivity index (χ4v) is 5.02. The van der Waals surface area contributed by atoms with Gasteiger partial charge in [0.2, 0.25) is 0 Å². The van der Waals surface area contributed by atoms with Crippen molar-refractivity contribution >= 4 is 23.9 Å². The highest BCUT2D eigenvalue weighted by Crippen LogP contribution is 2.35. The Morgan fingerprint density at radius 3 is 2.60 bits per heavy atom.